The fourth-order valence-electron chi connectivity index (χ4n) is 3.42. The molecular formula is C20H21F3N2O. The zero-order chi connectivity index (χ0) is 18.9. The average molecular weight is 362 g/mol. The third kappa shape index (κ3) is 3.69. The van der Waals surface area contributed by atoms with Gasteiger partial charge in [0.1, 0.15) is 0 Å². The molecule has 6 heteroatoms. The molecule has 1 heterocycles. The van der Waals surface area contributed by atoms with Gasteiger partial charge in [0.25, 0.3) is 5.91 Å². The number of hydrogen-bond donors (Lipinski definition) is 0. The number of halogens is 3. The van der Waals surface area contributed by atoms with E-state index in [1.54, 1.807) is 4.90 Å². The number of carbonyl (C=O) groups is 1. The molecule has 2 aromatic rings. The Morgan fingerprint density at radius 1 is 0.885 bits per heavy atom. The van der Waals surface area contributed by atoms with E-state index in [0.29, 0.717) is 31.7 Å². The Balaban J connectivity index is 1.67. The van der Waals surface area contributed by atoms with Gasteiger partial charge in [-0.1, -0.05) is 18.2 Å². The Labute approximate surface area is 151 Å². The second-order valence-corrected chi connectivity index (χ2v) is 6.59. The summed E-state index contributed by atoms with van der Waals surface area (Å²) in [5.41, 5.74) is 3.15. The highest BCUT2D eigenvalue weighted by Gasteiger charge is 2.31. The summed E-state index contributed by atoms with van der Waals surface area (Å²) in [6.45, 7) is 6.65. The van der Waals surface area contributed by atoms with Gasteiger partial charge in [-0.2, -0.15) is 13.2 Å². The van der Waals surface area contributed by atoms with Gasteiger partial charge in [-0.05, 0) is 49.2 Å². The largest absolute Gasteiger partial charge is 0.416 e. The number of carbonyl (C=O) groups excluding carboxylic acids is 1. The van der Waals surface area contributed by atoms with Crippen LogP contribution in [0.4, 0.5) is 18.9 Å². The summed E-state index contributed by atoms with van der Waals surface area (Å²) in [6.07, 6.45) is -4.39. The molecule has 2 aromatic carbocycles. The standard InChI is InChI=1S/C20H21F3N2O/c1-14-4-3-5-15(2)18(14)24-10-12-25(13-11-24)19(26)16-6-8-17(9-7-16)20(21,22)23/h3-9H,10-13H2,1-2H3. The third-order valence-electron chi connectivity index (χ3n) is 4.78. The number of anilines is 1. The molecule has 26 heavy (non-hydrogen) atoms. The van der Waals surface area contributed by atoms with E-state index in [1.807, 2.05) is 6.07 Å². The zero-order valence-electron chi connectivity index (χ0n) is 14.8. The highest BCUT2D eigenvalue weighted by Crippen LogP contribution is 2.29. The lowest BCUT2D eigenvalue weighted by molar-refractivity contribution is -0.137. The molecule has 1 saturated heterocycles. The van der Waals surface area contributed by atoms with Crippen molar-refractivity contribution in [2.75, 3.05) is 31.1 Å². The first-order chi connectivity index (χ1) is 12.3. The van der Waals surface area contributed by atoms with E-state index in [9.17, 15) is 18.0 Å². The highest BCUT2D eigenvalue weighted by molar-refractivity contribution is 5.94. The van der Waals surface area contributed by atoms with Gasteiger partial charge in [-0.3, -0.25) is 4.79 Å². The molecule has 1 aliphatic heterocycles. The van der Waals surface area contributed by atoms with Gasteiger partial charge < -0.3 is 9.80 Å². The Bertz CT molecular complexity index is 771. The van der Waals surface area contributed by atoms with Gasteiger partial charge >= 0.3 is 6.18 Å². The summed E-state index contributed by atoms with van der Waals surface area (Å²) < 4.78 is 37.9. The SMILES string of the molecule is Cc1cccc(C)c1N1CCN(C(=O)c2ccc(C(F)(F)F)cc2)CC1. The third-order valence-corrected chi connectivity index (χ3v) is 4.78. The molecule has 3 rings (SSSR count). The molecule has 0 aromatic heterocycles. The minimum Gasteiger partial charge on any atom is -0.368 e. The number of amides is 1. The van der Waals surface area contributed by atoms with Crippen LogP contribution in [-0.2, 0) is 6.18 Å². The molecule has 0 N–H and O–H groups in total. The van der Waals surface area contributed by atoms with Crippen LogP contribution in [0.3, 0.4) is 0 Å². The first-order valence-corrected chi connectivity index (χ1v) is 8.55. The van der Waals surface area contributed by atoms with Gasteiger partial charge in [0.15, 0.2) is 0 Å². The molecule has 0 atom stereocenters. The number of piperazine rings is 1. The fourth-order valence-corrected chi connectivity index (χ4v) is 3.42. The molecule has 138 valence electrons. The van der Waals surface area contributed by atoms with Crippen molar-refractivity contribution < 1.29 is 18.0 Å². The van der Waals surface area contributed by atoms with Crippen LogP contribution in [0.1, 0.15) is 27.0 Å². The lowest BCUT2D eigenvalue weighted by Gasteiger charge is -2.37. The van der Waals surface area contributed by atoms with Gasteiger partial charge in [0.05, 0.1) is 5.56 Å². The summed E-state index contributed by atoms with van der Waals surface area (Å²) in [7, 11) is 0. The molecule has 0 bridgehead atoms. The number of hydrogen-bond acceptors (Lipinski definition) is 2. The lowest BCUT2D eigenvalue weighted by Crippen LogP contribution is -2.49. The Morgan fingerprint density at radius 3 is 1.92 bits per heavy atom. The number of aryl methyl sites for hydroxylation is 2. The molecule has 0 spiro atoms. The van der Waals surface area contributed by atoms with Crippen molar-refractivity contribution in [3.8, 4) is 0 Å². The van der Waals surface area contributed by atoms with Crippen molar-refractivity contribution in [3.63, 3.8) is 0 Å². The maximum absolute atomic E-state index is 12.6. The van der Waals surface area contributed by atoms with Crippen LogP contribution in [0, 0.1) is 13.8 Å². The van der Waals surface area contributed by atoms with E-state index in [1.165, 1.54) is 28.9 Å². The maximum Gasteiger partial charge on any atom is 0.416 e. The average Bonchev–Trinajstić information content (AvgIpc) is 2.61. The maximum atomic E-state index is 12.6. The molecule has 1 amide bonds. The second-order valence-electron chi connectivity index (χ2n) is 6.59. The second kappa shape index (κ2) is 7.02. The van der Waals surface area contributed by atoms with Crippen molar-refractivity contribution in [2.45, 2.75) is 20.0 Å². The van der Waals surface area contributed by atoms with Crippen LogP contribution in [-0.4, -0.2) is 37.0 Å². The van der Waals surface area contributed by atoms with Crippen molar-refractivity contribution >= 4 is 11.6 Å². The molecule has 0 aliphatic carbocycles. The van der Waals surface area contributed by atoms with E-state index in [4.69, 9.17) is 0 Å². The number of rotatable bonds is 2. The van der Waals surface area contributed by atoms with Crippen LogP contribution in [0.5, 0.6) is 0 Å². The molecule has 0 saturated carbocycles. The van der Waals surface area contributed by atoms with E-state index in [0.717, 1.165) is 12.1 Å². The molecule has 1 fully saturated rings. The summed E-state index contributed by atoms with van der Waals surface area (Å²) in [5, 5.41) is 0. The Kier molecular flexibility index (Phi) is 4.94. The number of nitrogens with zero attached hydrogens (tertiary/aromatic N) is 2. The topological polar surface area (TPSA) is 23.6 Å². The van der Waals surface area contributed by atoms with E-state index in [2.05, 4.69) is 30.9 Å². The monoisotopic (exact) mass is 362 g/mol. The first kappa shape index (κ1) is 18.3. The Hall–Kier alpha value is -2.50. The minimum absolute atomic E-state index is 0.222. The van der Waals surface area contributed by atoms with E-state index in [-0.39, 0.29) is 5.91 Å². The summed E-state index contributed by atoms with van der Waals surface area (Å²) in [5.74, 6) is -0.222. The first-order valence-electron chi connectivity index (χ1n) is 8.55. The summed E-state index contributed by atoms with van der Waals surface area (Å²) >= 11 is 0. The molecule has 0 unspecified atom stereocenters. The predicted octanol–water partition coefficient (Wildman–Crippen LogP) is 4.28. The molecular weight excluding hydrogens is 341 g/mol. The molecule has 3 nitrogen and oxygen atoms in total. The van der Waals surface area contributed by atoms with Crippen molar-refractivity contribution in [3.05, 3.63) is 64.7 Å². The van der Waals surface area contributed by atoms with Crippen LogP contribution in [0.2, 0.25) is 0 Å². The number of para-hydroxylation sites is 1. The van der Waals surface area contributed by atoms with Crippen molar-refractivity contribution in [1.82, 2.24) is 4.90 Å². The zero-order valence-corrected chi connectivity index (χ0v) is 14.8. The van der Waals surface area contributed by atoms with Crippen LogP contribution >= 0.6 is 0 Å². The number of alkyl halides is 3. The van der Waals surface area contributed by atoms with E-state index >= 15 is 0 Å². The van der Waals surface area contributed by atoms with Gasteiger partial charge in [0, 0.05) is 37.4 Å². The van der Waals surface area contributed by atoms with Crippen LogP contribution in [0.15, 0.2) is 42.5 Å². The lowest BCUT2D eigenvalue weighted by atomic mass is 10.1. The fraction of sp³-hybridized carbons (Fsp3) is 0.350. The minimum atomic E-state index is -4.39. The molecule has 0 radical (unpaired) electrons. The quantitative estimate of drug-likeness (QED) is 0.796. The van der Waals surface area contributed by atoms with Gasteiger partial charge in [0.2, 0.25) is 0 Å². The van der Waals surface area contributed by atoms with Gasteiger partial charge in [-0.15, -0.1) is 0 Å². The Morgan fingerprint density at radius 2 is 1.42 bits per heavy atom. The van der Waals surface area contributed by atoms with Gasteiger partial charge in [-0.25, -0.2) is 0 Å². The normalized spacial score (nSPS) is 15.3. The van der Waals surface area contributed by atoms with Crippen LogP contribution < -0.4 is 4.90 Å². The van der Waals surface area contributed by atoms with Crippen molar-refractivity contribution in [1.29, 1.82) is 0 Å². The smallest absolute Gasteiger partial charge is 0.368 e. The van der Waals surface area contributed by atoms with Crippen LogP contribution in [0.25, 0.3) is 0 Å². The highest BCUT2D eigenvalue weighted by atomic mass is 19.4. The van der Waals surface area contributed by atoms with Crippen molar-refractivity contribution in [2.24, 2.45) is 0 Å². The van der Waals surface area contributed by atoms with E-state index < -0.39 is 11.7 Å². The predicted molar refractivity (Wildman–Crippen MR) is 95.5 cm³/mol. The summed E-state index contributed by atoms with van der Waals surface area (Å²) in [4.78, 5) is 16.5. The molecule has 1 aliphatic rings. The summed E-state index contributed by atoms with van der Waals surface area (Å²) in [6, 6.07) is 10.6. The number of benzene rings is 2.